The van der Waals surface area contributed by atoms with E-state index in [0.717, 1.165) is 41.1 Å². The van der Waals surface area contributed by atoms with Gasteiger partial charge in [0, 0.05) is 31.9 Å². The molecule has 3 heterocycles. The van der Waals surface area contributed by atoms with Crippen LogP contribution in [0, 0.1) is 0 Å². The van der Waals surface area contributed by atoms with Crippen LogP contribution in [0.25, 0.3) is 16.8 Å². The zero-order valence-corrected chi connectivity index (χ0v) is 26.5. The summed E-state index contributed by atoms with van der Waals surface area (Å²) in [6.07, 6.45) is 3.94. The number of benzene rings is 3. The average molecular weight is 619 g/mol. The molecule has 3 aromatic carbocycles. The average Bonchev–Trinajstić information content (AvgIpc) is 3.71. The molecule has 46 heavy (non-hydrogen) atoms. The minimum absolute atomic E-state index is 0.00698. The van der Waals surface area contributed by atoms with Gasteiger partial charge in [-0.3, -0.25) is 4.79 Å². The third kappa shape index (κ3) is 6.96. The summed E-state index contributed by atoms with van der Waals surface area (Å²) in [6.45, 7) is 7.44. The first-order valence-corrected chi connectivity index (χ1v) is 15.4. The van der Waals surface area contributed by atoms with Gasteiger partial charge in [0.2, 0.25) is 0 Å². The summed E-state index contributed by atoms with van der Waals surface area (Å²) in [5.74, 6) is 0.435. The van der Waals surface area contributed by atoms with Crippen molar-refractivity contribution >= 4 is 29.0 Å². The SMILES string of the molecule is CN(C(=O)OC(C)(C)C)[C@@H]1CCN(c2ccccc2NC(=O)c2ccn3ncc(-c4ccc(OCc5ccccc5)cc4)c3n2)C1. The lowest BCUT2D eigenvalue weighted by atomic mass is 10.1. The fourth-order valence-electron chi connectivity index (χ4n) is 5.47. The fraction of sp³-hybridized carbons (Fsp3) is 0.278. The van der Waals surface area contributed by atoms with Crippen LogP contribution in [0.4, 0.5) is 16.2 Å². The number of aromatic nitrogens is 3. The maximum absolute atomic E-state index is 13.5. The number of ether oxygens (including phenoxy) is 2. The Bertz CT molecular complexity index is 1830. The summed E-state index contributed by atoms with van der Waals surface area (Å²) >= 11 is 0. The Balaban J connectivity index is 1.15. The third-order valence-corrected chi connectivity index (χ3v) is 7.90. The molecule has 1 fully saturated rings. The molecule has 6 rings (SSSR count). The molecule has 1 atom stereocenters. The molecule has 1 saturated heterocycles. The van der Waals surface area contributed by atoms with Crippen LogP contribution in [0.1, 0.15) is 43.2 Å². The molecule has 2 amide bonds. The Morgan fingerprint density at radius 2 is 1.72 bits per heavy atom. The van der Waals surface area contributed by atoms with E-state index in [1.54, 1.807) is 34.9 Å². The molecule has 10 heteroatoms. The van der Waals surface area contributed by atoms with Crippen LogP contribution < -0.4 is 15.0 Å². The van der Waals surface area contributed by atoms with Crippen molar-refractivity contribution in [2.24, 2.45) is 0 Å². The summed E-state index contributed by atoms with van der Waals surface area (Å²) in [6, 6.07) is 27.1. The van der Waals surface area contributed by atoms with Crippen molar-refractivity contribution in [3.63, 3.8) is 0 Å². The number of carbonyl (C=O) groups excluding carboxylic acids is 2. The number of nitrogens with zero attached hydrogens (tertiary/aromatic N) is 5. The van der Waals surface area contributed by atoms with Gasteiger partial charge < -0.3 is 24.6 Å². The van der Waals surface area contributed by atoms with E-state index >= 15 is 0 Å². The predicted octanol–water partition coefficient (Wildman–Crippen LogP) is 6.67. The first-order valence-electron chi connectivity index (χ1n) is 15.4. The molecule has 0 spiro atoms. The molecule has 236 valence electrons. The zero-order chi connectivity index (χ0) is 32.3. The lowest BCUT2D eigenvalue weighted by molar-refractivity contribution is 0.0238. The maximum Gasteiger partial charge on any atom is 0.410 e. The van der Waals surface area contributed by atoms with Crippen LogP contribution in [0.3, 0.4) is 0 Å². The zero-order valence-electron chi connectivity index (χ0n) is 26.5. The highest BCUT2D eigenvalue weighted by atomic mass is 16.6. The Morgan fingerprint density at radius 1 is 0.978 bits per heavy atom. The first-order chi connectivity index (χ1) is 22.1. The van der Waals surface area contributed by atoms with Gasteiger partial charge >= 0.3 is 6.09 Å². The smallest absolute Gasteiger partial charge is 0.410 e. The second-order valence-corrected chi connectivity index (χ2v) is 12.4. The number of rotatable bonds is 8. The minimum atomic E-state index is -0.558. The topological polar surface area (TPSA) is 101 Å². The highest BCUT2D eigenvalue weighted by molar-refractivity contribution is 6.05. The predicted molar refractivity (Wildman–Crippen MR) is 178 cm³/mol. The van der Waals surface area contributed by atoms with Crippen molar-refractivity contribution in [1.29, 1.82) is 0 Å². The van der Waals surface area contributed by atoms with Crippen molar-refractivity contribution in [3.05, 3.63) is 109 Å². The van der Waals surface area contributed by atoms with Gasteiger partial charge in [-0.05, 0) is 68.7 Å². The van der Waals surface area contributed by atoms with Crippen LogP contribution in [0.2, 0.25) is 0 Å². The van der Waals surface area contributed by atoms with Crippen LogP contribution in [0.5, 0.6) is 5.75 Å². The minimum Gasteiger partial charge on any atom is -0.489 e. The molecular weight excluding hydrogens is 580 g/mol. The molecule has 0 bridgehead atoms. The second kappa shape index (κ2) is 12.9. The maximum atomic E-state index is 13.5. The molecule has 5 aromatic rings. The van der Waals surface area contributed by atoms with Crippen LogP contribution >= 0.6 is 0 Å². The first kappa shape index (κ1) is 30.6. The van der Waals surface area contributed by atoms with E-state index in [-0.39, 0.29) is 23.7 Å². The number of likely N-dealkylation sites (N-methyl/N-ethyl adjacent to an activating group) is 1. The van der Waals surface area contributed by atoms with Crippen molar-refractivity contribution in [3.8, 4) is 16.9 Å². The molecule has 0 aliphatic carbocycles. The molecular formula is C36H38N6O4. The largest absolute Gasteiger partial charge is 0.489 e. The van der Waals surface area contributed by atoms with Crippen molar-refractivity contribution in [2.45, 2.75) is 45.4 Å². The number of carbonyl (C=O) groups is 2. The summed E-state index contributed by atoms with van der Waals surface area (Å²) in [7, 11) is 1.77. The molecule has 0 unspecified atom stereocenters. The van der Waals surface area contributed by atoms with Crippen LogP contribution in [-0.4, -0.2) is 63.3 Å². The highest BCUT2D eigenvalue weighted by Gasteiger charge is 2.32. The summed E-state index contributed by atoms with van der Waals surface area (Å²) < 4.78 is 13.2. The molecule has 0 radical (unpaired) electrons. The third-order valence-electron chi connectivity index (χ3n) is 7.90. The number of amides is 2. The Kier molecular flexibility index (Phi) is 8.61. The number of para-hydroxylation sites is 2. The van der Waals surface area contributed by atoms with Gasteiger partial charge in [-0.25, -0.2) is 14.3 Å². The van der Waals surface area contributed by atoms with Gasteiger partial charge in [0.15, 0.2) is 5.65 Å². The van der Waals surface area contributed by atoms with Crippen molar-refractivity contribution in [2.75, 3.05) is 30.4 Å². The Hall–Kier alpha value is -5.38. The van der Waals surface area contributed by atoms with E-state index < -0.39 is 5.60 Å². The monoisotopic (exact) mass is 618 g/mol. The normalized spacial score (nSPS) is 14.7. The molecule has 2 aromatic heterocycles. The van der Waals surface area contributed by atoms with Gasteiger partial charge in [0.1, 0.15) is 23.7 Å². The lowest BCUT2D eigenvalue weighted by Gasteiger charge is -2.29. The molecule has 0 saturated carbocycles. The van der Waals surface area contributed by atoms with Crippen molar-refractivity contribution in [1.82, 2.24) is 19.5 Å². The Labute approximate surface area is 268 Å². The lowest BCUT2D eigenvalue weighted by Crippen LogP contribution is -2.42. The van der Waals surface area contributed by atoms with E-state index in [0.29, 0.717) is 24.5 Å². The van der Waals surface area contributed by atoms with E-state index in [1.807, 2.05) is 99.6 Å². The number of fused-ring (bicyclic) bond motifs is 1. The summed E-state index contributed by atoms with van der Waals surface area (Å²) in [5, 5.41) is 7.50. The van der Waals surface area contributed by atoms with Gasteiger partial charge in [-0.1, -0.05) is 54.6 Å². The summed E-state index contributed by atoms with van der Waals surface area (Å²) in [4.78, 5) is 34.7. The Morgan fingerprint density at radius 3 is 2.48 bits per heavy atom. The van der Waals surface area contributed by atoms with Gasteiger partial charge in [0.25, 0.3) is 5.91 Å². The molecule has 1 aliphatic rings. The highest BCUT2D eigenvalue weighted by Crippen LogP contribution is 2.31. The van der Waals surface area contributed by atoms with Gasteiger partial charge in [-0.2, -0.15) is 5.10 Å². The van der Waals surface area contributed by atoms with E-state index in [4.69, 9.17) is 14.5 Å². The fourth-order valence-corrected chi connectivity index (χ4v) is 5.47. The number of hydrogen-bond acceptors (Lipinski definition) is 7. The van der Waals surface area contributed by atoms with E-state index in [1.165, 1.54) is 0 Å². The number of nitrogens with one attached hydrogen (secondary N) is 1. The van der Waals surface area contributed by atoms with Gasteiger partial charge in [-0.15, -0.1) is 0 Å². The second-order valence-electron chi connectivity index (χ2n) is 12.4. The number of hydrogen-bond donors (Lipinski definition) is 1. The van der Waals surface area contributed by atoms with Crippen LogP contribution in [-0.2, 0) is 11.3 Å². The molecule has 1 N–H and O–H groups in total. The van der Waals surface area contributed by atoms with E-state index in [9.17, 15) is 9.59 Å². The molecule has 1 aliphatic heterocycles. The van der Waals surface area contributed by atoms with Crippen molar-refractivity contribution < 1.29 is 19.1 Å². The van der Waals surface area contributed by atoms with Crippen LogP contribution in [0.15, 0.2) is 97.3 Å². The quantitative estimate of drug-likeness (QED) is 0.207. The van der Waals surface area contributed by atoms with Gasteiger partial charge in [0.05, 0.1) is 23.6 Å². The number of anilines is 2. The summed E-state index contributed by atoms with van der Waals surface area (Å²) in [5.41, 5.74) is 4.67. The standard InChI is InChI=1S/C36H38N6O4/c1-36(2,3)46-35(44)40(4)27-18-20-41(23-27)32-13-9-8-12-30(32)39-34(43)31-19-21-42-33(38-31)29(22-37-42)26-14-16-28(17-15-26)45-24-25-10-6-5-7-11-25/h5-17,19,21-22,27H,18,20,23-24H2,1-4H3,(H,39,43)/t27-/m1/s1. The molecule has 10 nitrogen and oxygen atoms in total. The van der Waals surface area contributed by atoms with E-state index in [2.05, 4.69) is 15.3 Å².